The van der Waals surface area contributed by atoms with Gasteiger partial charge in [-0.1, -0.05) is 18.5 Å². The molecular formula is C13H16ClN5OS. The number of rotatable bonds is 7. The summed E-state index contributed by atoms with van der Waals surface area (Å²) in [6, 6.07) is 3.86. The minimum atomic E-state index is 0.303. The van der Waals surface area contributed by atoms with Gasteiger partial charge in [0, 0.05) is 12.7 Å². The molecule has 1 N–H and O–H groups in total. The summed E-state index contributed by atoms with van der Waals surface area (Å²) >= 11 is 7.37. The van der Waals surface area contributed by atoms with Gasteiger partial charge in [-0.25, -0.2) is 4.98 Å². The molecule has 0 fully saturated rings. The van der Waals surface area contributed by atoms with Gasteiger partial charge >= 0.3 is 6.01 Å². The van der Waals surface area contributed by atoms with Crippen molar-refractivity contribution < 1.29 is 4.74 Å². The molecule has 2 rings (SSSR count). The zero-order valence-electron chi connectivity index (χ0n) is 11.8. The molecule has 0 aliphatic carbocycles. The molecular weight excluding hydrogens is 310 g/mol. The van der Waals surface area contributed by atoms with Crippen LogP contribution < -0.4 is 10.1 Å². The Morgan fingerprint density at radius 2 is 2.14 bits per heavy atom. The van der Waals surface area contributed by atoms with E-state index < -0.39 is 0 Å². The van der Waals surface area contributed by atoms with E-state index in [1.165, 1.54) is 11.8 Å². The van der Waals surface area contributed by atoms with Gasteiger partial charge in [0.05, 0.1) is 11.6 Å². The number of nitrogens with zero attached hydrogens (tertiary/aromatic N) is 4. The molecule has 8 heteroatoms. The van der Waals surface area contributed by atoms with E-state index in [1.807, 2.05) is 13.8 Å². The number of pyridine rings is 1. The van der Waals surface area contributed by atoms with Crippen LogP contribution in [0.5, 0.6) is 6.01 Å². The number of anilines is 1. The van der Waals surface area contributed by atoms with Crippen LogP contribution in [0.15, 0.2) is 28.5 Å². The second-order valence-corrected chi connectivity index (χ2v) is 5.36. The number of ether oxygens (including phenoxy) is 1. The SMILES string of the molecule is CCCOc1nc(NCC)nc(Sc2ncccc2Cl)n1. The molecule has 0 radical (unpaired) electrons. The highest BCUT2D eigenvalue weighted by molar-refractivity contribution is 7.99. The van der Waals surface area contributed by atoms with E-state index in [4.69, 9.17) is 16.3 Å². The average Bonchev–Trinajstić information content (AvgIpc) is 2.48. The first kappa shape index (κ1) is 15.8. The number of hydrogen-bond donors (Lipinski definition) is 1. The van der Waals surface area contributed by atoms with Gasteiger partial charge in [-0.05, 0) is 37.2 Å². The first-order valence-corrected chi connectivity index (χ1v) is 7.83. The smallest absolute Gasteiger partial charge is 0.322 e. The Labute approximate surface area is 132 Å². The highest BCUT2D eigenvalue weighted by atomic mass is 35.5. The fourth-order valence-corrected chi connectivity index (χ4v) is 2.36. The molecule has 0 aliphatic heterocycles. The number of aromatic nitrogens is 4. The predicted octanol–water partition coefficient (Wildman–Crippen LogP) is 3.29. The summed E-state index contributed by atoms with van der Waals surface area (Å²) in [5.74, 6) is 0.480. The van der Waals surface area contributed by atoms with Crippen LogP contribution in [-0.2, 0) is 0 Å². The number of hydrogen-bond acceptors (Lipinski definition) is 7. The Bertz CT molecular complexity index is 599. The molecule has 0 saturated carbocycles. The summed E-state index contributed by atoms with van der Waals surface area (Å²) in [5.41, 5.74) is 0. The molecule has 0 bridgehead atoms. The van der Waals surface area contributed by atoms with Crippen LogP contribution in [0.2, 0.25) is 5.02 Å². The van der Waals surface area contributed by atoms with Crippen LogP contribution in [0, 0.1) is 0 Å². The standard InChI is InChI=1S/C13H16ClN5OS/c1-3-8-20-12-17-11(15-4-2)18-13(19-12)21-10-9(14)6-5-7-16-10/h5-7H,3-4,8H2,1-2H3,(H,15,17,18,19). The lowest BCUT2D eigenvalue weighted by Gasteiger charge is -2.08. The molecule has 0 aromatic carbocycles. The zero-order valence-corrected chi connectivity index (χ0v) is 13.4. The maximum Gasteiger partial charge on any atom is 0.322 e. The third-order valence-electron chi connectivity index (χ3n) is 2.28. The van der Waals surface area contributed by atoms with Crippen molar-refractivity contribution in [2.75, 3.05) is 18.5 Å². The lowest BCUT2D eigenvalue weighted by molar-refractivity contribution is 0.288. The summed E-state index contributed by atoms with van der Waals surface area (Å²) in [5, 5.41) is 4.76. The van der Waals surface area contributed by atoms with Crippen LogP contribution in [0.1, 0.15) is 20.3 Å². The fourth-order valence-electron chi connectivity index (χ4n) is 1.41. The first-order chi connectivity index (χ1) is 10.2. The van der Waals surface area contributed by atoms with Crippen LogP contribution >= 0.6 is 23.4 Å². The third-order valence-corrected chi connectivity index (χ3v) is 3.58. The van der Waals surface area contributed by atoms with Crippen molar-refractivity contribution in [1.29, 1.82) is 0 Å². The largest absolute Gasteiger partial charge is 0.463 e. The summed E-state index contributed by atoms with van der Waals surface area (Å²) in [6.07, 6.45) is 2.56. The van der Waals surface area contributed by atoms with Crippen LogP contribution in [0.3, 0.4) is 0 Å². The molecule has 0 saturated heterocycles. The van der Waals surface area contributed by atoms with Gasteiger partial charge in [-0.15, -0.1) is 0 Å². The van der Waals surface area contributed by atoms with Gasteiger partial charge in [-0.2, -0.15) is 15.0 Å². The van der Waals surface area contributed by atoms with Crippen LogP contribution in [0.4, 0.5) is 5.95 Å². The lowest BCUT2D eigenvalue weighted by Crippen LogP contribution is -2.08. The topological polar surface area (TPSA) is 72.8 Å². The molecule has 0 atom stereocenters. The Balaban J connectivity index is 2.24. The Morgan fingerprint density at radius 3 is 2.86 bits per heavy atom. The third kappa shape index (κ3) is 4.71. The highest BCUT2D eigenvalue weighted by Crippen LogP contribution is 2.29. The highest BCUT2D eigenvalue weighted by Gasteiger charge is 2.11. The minimum absolute atomic E-state index is 0.303. The molecule has 2 aromatic rings. The van der Waals surface area contributed by atoms with E-state index in [1.54, 1.807) is 18.3 Å². The molecule has 6 nitrogen and oxygen atoms in total. The quantitative estimate of drug-likeness (QED) is 0.837. The van der Waals surface area contributed by atoms with E-state index in [9.17, 15) is 0 Å². The van der Waals surface area contributed by atoms with Crippen molar-refractivity contribution in [1.82, 2.24) is 19.9 Å². The Morgan fingerprint density at radius 1 is 1.29 bits per heavy atom. The second-order valence-electron chi connectivity index (χ2n) is 4.00. The van der Waals surface area contributed by atoms with E-state index in [0.717, 1.165) is 6.42 Å². The second kappa shape index (κ2) is 7.99. The molecule has 0 aliphatic rings. The fraction of sp³-hybridized carbons (Fsp3) is 0.385. The van der Waals surface area contributed by atoms with E-state index >= 15 is 0 Å². The molecule has 21 heavy (non-hydrogen) atoms. The number of nitrogens with one attached hydrogen (secondary N) is 1. The van der Waals surface area contributed by atoms with Crippen molar-refractivity contribution in [3.05, 3.63) is 23.4 Å². The van der Waals surface area contributed by atoms with Crippen LogP contribution in [0.25, 0.3) is 0 Å². The van der Waals surface area contributed by atoms with E-state index in [0.29, 0.717) is 40.3 Å². The van der Waals surface area contributed by atoms with Crippen molar-refractivity contribution in [2.45, 2.75) is 30.5 Å². The normalized spacial score (nSPS) is 10.4. The molecule has 112 valence electrons. The minimum Gasteiger partial charge on any atom is -0.463 e. The molecule has 0 amide bonds. The lowest BCUT2D eigenvalue weighted by atomic mass is 10.5. The van der Waals surface area contributed by atoms with Gasteiger partial charge in [-0.3, -0.25) is 0 Å². The monoisotopic (exact) mass is 325 g/mol. The van der Waals surface area contributed by atoms with Gasteiger partial charge in [0.25, 0.3) is 0 Å². The molecule has 0 unspecified atom stereocenters. The summed E-state index contributed by atoms with van der Waals surface area (Å²) in [4.78, 5) is 17.0. The maximum atomic E-state index is 6.10. The van der Waals surface area contributed by atoms with Crippen molar-refractivity contribution in [3.8, 4) is 6.01 Å². The van der Waals surface area contributed by atoms with Crippen molar-refractivity contribution in [3.63, 3.8) is 0 Å². The maximum absolute atomic E-state index is 6.10. The van der Waals surface area contributed by atoms with Gasteiger partial charge in [0.2, 0.25) is 11.1 Å². The Kier molecular flexibility index (Phi) is 6.01. The summed E-state index contributed by atoms with van der Waals surface area (Å²) in [6.45, 7) is 5.27. The van der Waals surface area contributed by atoms with Gasteiger partial charge < -0.3 is 10.1 Å². The van der Waals surface area contributed by atoms with Crippen molar-refractivity contribution in [2.24, 2.45) is 0 Å². The van der Waals surface area contributed by atoms with E-state index in [-0.39, 0.29) is 0 Å². The first-order valence-electron chi connectivity index (χ1n) is 6.64. The van der Waals surface area contributed by atoms with Gasteiger partial charge in [0.1, 0.15) is 5.03 Å². The Hall–Kier alpha value is -1.60. The molecule has 0 spiro atoms. The van der Waals surface area contributed by atoms with Crippen molar-refractivity contribution >= 4 is 29.3 Å². The molecule has 2 aromatic heterocycles. The van der Waals surface area contributed by atoms with E-state index in [2.05, 4.69) is 25.3 Å². The molecule has 2 heterocycles. The average molecular weight is 326 g/mol. The summed E-state index contributed by atoms with van der Waals surface area (Å²) < 4.78 is 5.48. The summed E-state index contributed by atoms with van der Waals surface area (Å²) in [7, 11) is 0. The zero-order chi connectivity index (χ0) is 15.1. The van der Waals surface area contributed by atoms with Gasteiger partial charge in [0.15, 0.2) is 0 Å². The van der Waals surface area contributed by atoms with Crippen LogP contribution in [-0.4, -0.2) is 33.1 Å². The predicted molar refractivity (Wildman–Crippen MR) is 83.1 cm³/mol. The number of halogens is 1.